The van der Waals surface area contributed by atoms with Gasteiger partial charge in [0.15, 0.2) is 0 Å². The van der Waals surface area contributed by atoms with Gasteiger partial charge < -0.3 is 27.1 Å². The van der Waals surface area contributed by atoms with E-state index in [9.17, 15) is 9.59 Å². The number of hydrogen-bond acceptors (Lipinski definition) is 7. The number of nitrogen functional groups attached to an aromatic ring is 2. The largest absolute Gasteiger partial charge is 0.396 e. The predicted molar refractivity (Wildman–Crippen MR) is 107 cm³/mol. The first-order chi connectivity index (χ1) is 13.4. The number of amides is 2. The number of nitrogens with zero attached hydrogens (tertiary/aromatic N) is 3. The molecule has 0 saturated carbocycles. The van der Waals surface area contributed by atoms with Crippen LogP contribution in [0.15, 0.2) is 30.7 Å². The summed E-state index contributed by atoms with van der Waals surface area (Å²) in [6.07, 6.45) is 7.33. The molecule has 0 unspecified atom stereocenters. The maximum atomic E-state index is 12.9. The number of hydrogen-bond donors (Lipinski definition) is 4. The van der Waals surface area contributed by atoms with Gasteiger partial charge in [0.1, 0.15) is 5.82 Å². The van der Waals surface area contributed by atoms with Crippen LogP contribution in [-0.2, 0) is 9.59 Å². The van der Waals surface area contributed by atoms with Crippen molar-refractivity contribution in [1.82, 2.24) is 14.9 Å². The summed E-state index contributed by atoms with van der Waals surface area (Å²) in [5.41, 5.74) is 13.0. The zero-order valence-electron chi connectivity index (χ0n) is 15.6. The maximum Gasteiger partial charge on any atom is 0.314 e. The Labute approximate surface area is 162 Å². The summed E-state index contributed by atoms with van der Waals surface area (Å²) < 4.78 is 0. The monoisotopic (exact) mass is 381 g/mol. The Morgan fingerprint density at radius 1 is 1.29 bits per heavy atom. The lowest BCUT2D eigenvalue weighted by Gasteiger charge is -2.38. The van der Waals surface area contributed by atoms with Crippen molar-refractivity contribution in [3.63, 3.8) is 0 Å². The Balaban J connectivity index is 1.83. The molecule has 1 saturated heterocycles. The van der Waals surface area contributed by atoms with Crippen molar-refractivity contribution in [1.29, 1.82) is 5.41 Å². The fourth-order valence-electron chi connectivity index (χ4n) is 3.42. The molecule has 0 aliphatic carbocycles. The minimum atomic E-state index is -0.803. The lowest BCUT2D eigenvalue weighted by Crippen LogP contribution is -2.46. The van der Waals surface area contributed by atoms with Gasteiger partial charge in [0.2, 0.25) is 0 Å². The van der Waals surface area contributed by atoms with Gasteiger partial charge in [0.25, 0.3) is 0 Å². The number of carbonyl (C=O) groups excluding carboxylic acids is 2. The summed E-state index contributed by atoms with van der Waals surface area (Å²) in [7, 11) is 0. The second kappa shape index (κ2) is 8.03. The van der Waals surface area contributed by atoms with Crippen LogP contribution < -0.4 is 16.8 Å². The minimum absolute atomic E-state index is 0.0828. The van der Waals surface area contributed by atoms with E-state index in [0.717, 1.165) is 24.6 Å². The number of likely N-dealkylation sites (tertiary alicyclic amines) is 1. The van der Waals surface area contributed by atoms with Gasteiger partial charge in [-0.3, -0.25) is 14.6 Å². The number of anilines is 3. The van der Waals surface area contributed by atoms with Gasteiger partial charge >= 0.3 is 11.8 Å². The van der Waals surface area contributed by atoms with Gasteiger partial charge in [0.05, 0.1) is 29.2 Å². The zero-order valence-corrected chi connectivity index (χ0v) is 15.6. The summed E-state index contributed by atoms with van der Waals surface area (Å²) in [5.74, 6) is -1.06. The molecule has 0 spiro atoms. The average molecular weight is 381 g/mol. The molecule has 0 radical (unpaired) electrons. The van der Waals surface area contributed by atoms with E-state index in [0.29, 0.717) is 12.5 Å². The van der Waals surface area contributed by atoms with Crippen molar-refractivity contribution >= 4 is 35.2 Å². The lowest BCUT2D eigenvalue weighted by molar-refractivity contribution is -0.146. The molecule has 1 aliphatic rings. The van der Waals surface area contributed by atoms with Gasteiger partial charge in [-0.2, -0.15) is 0 Å². The van der Waals surface area contributed by atoms with Gasteiger partial charge in [-0.15, -0.1) is 0 Å². The molecule has 2 aromatic heterocycles. The number of rotatable bonds is 3. The van der Waals surface area contributed by atoms with Crippen LogP contribution in [0.4, 0.5) is 17.2 Å². The predicted octanol–water partition coefficient (Wildman–Crippen LogP) is 1.58. The molecular weight excluding hydrogens is 358 g/mol. The van der Waals surface area contributed by atoms with Crippen LogP contribution in [0.5, 0.6) is 0 Å². The highest BCUT2D eigenvalue weighted by molar-refractivity contribution is 6.40. The Morgan fingerprint density at radius 3 is 2.68 bits per heavy atom. The fraction of sp³-hybridized carbons (Fsp3) is 0.316. The first-order valence-electron chi connectivity index (χ1n) is 8.98. The number of carbonyl (C=O) groups is 2. The Morgan fingerprint density at radius 2 is 2.00 bits per heavy atom. The molecule has 9 heteroatoms. The van der Waals surface area contributed by atoms with Crippen LogP contribution >= 0.6 is 0 Å². The van der Waals surface area contributed by atoms with E-state index < -0.39 is 11.8 Å². The third-order valence-electron chi connectivity index (χ3n) is 4.95. The third kappa shape index (κ3) is 3.78. The molecule has 146 valence electrons. The standard InChI is InChI=1S/C19H23N7O2/c1-11-2-3-15(12-4-6-23-7-5-12)26(10-11)19(28)18(27)25-14-9-24-17(22)13(8-20)16(14)21/h4-9,11,15,20H,2-3,10H2,1H3,(H,25,27)(H4,21,22,24)/t11-,15-/m0/s1. The van der Waals surface area contributed by atoms with E-state index in [4.69, 9.17) is 16.9 Å². The average Bonchev–Trinajstić information content (AvgIpc) is 2.70. The first kappa shape index (κ1) is 19.3. The maximum absolute atomic E-state index is 12.9. The summed E-state index contributed by atoms with van der Waals surface area (Å²) in [6, 6.07) is 3.53. The van der Waals surface area contributed by atoms with E-state index >= 15 is 0 Å². The summed E-state index contributed by atoms with van der Waals surface area (Å²) in [4.78, 5) is 35.1. The van der Waals surface area contributed by atoms with Crippen LogP contribution in [0.1, 0.15) is 36.9 Å². The SMILES string of the molecule is C[C@H]1CC[C@@H](c2ccncc2)N(C(=O)C(=O)Nc2cnc(N)c(C=N)c2N)C1. The molecule has 3 rings (SSSR count). The minimum Gasteiger partial charge on any atom is -0.396 e. The molecule has 1 aliphatic heterocycles. The Hall–Kier alpha value is -3.49. The molecule has 28 heavy (non-hydrogen) atoms. The van der Waals surface area contributed by atoms with Crippen molar-refractivity contribution in [2.24, 2.45) is 5.92 Å². The third-order valence-corrected chi connectivity index (χ3v) is 4.95. The van der Waals surface area contributed by atoms with Crippen LogP contribution in [0, 0.1) is 11.3 Å². The first-order valence-corrected chi connectivity index (χ1v) is 8.98. The molecule has 1 fully saturated rings. The molecule has 2 aromatic rings. The van der Waals surface area contributed by atoms with Crippen LogP contribution in [0.25, 0.3) is 0 Å². The number of nitrogens with one attached hydrogen (secondary N) is 2. The van der Waals surface area contributed by atoms with Crippen LogP contribution in [-0.4, -0.2) is 39.4 Å². The van der Waals surface area contributed by atoms with E-state index in [1.54, 1.807) is 17.3 Å². The van der Waals surface area contributed by atoms with Crippen LogP contribution in [0.2, 0.25) is 0 Å². The summed E-state index contributed by atoms with van der Waals surface area (Å²) in [6.45, 7) is 2.54. The van der Waals surface area contributed by atoms with E-state index in [2.05, 4.69) is 22.2 Å². The van der Waals surface area contributed by atoms with Gasteiger partial charge in [-0.05, 0) is 36.5 Å². The topological polar surface area (TPSA) is 151 Å². The summed E-state index contributed by atoms with van der Waals surface area (Å²) in [5, 5.41) is 9.88. The van der Waals surface area contributed by atoms with E-state index in [1.807, 2.05) is 12.1 Å². The molecule has 0 bridgehead atoms. The normalized spacial score (nSPS) is 19.1. The van der Waals surface area contributed by atoms with Gasteiger partial charge in [0, 0.05) is 25.2 Å². The highest BCUT2D eigenvalue weighted by Crippen LogP contribution is 2.33. The summed E-state index contributed by atoms with van der Waals surface area (Å²) >= 11 is 0. The highest BCUT2D eigenvalue weighted by Gasteiger charge is 2.34. The molecule has 3 heterocycles. The second-order valence-electron chi connectivity index (χ2n) is 6.92. The quantitative estimate of drug-likeness (QED) is 0.468. The molecule has 2 amide bonds. The van der Waals surface area contributed by atoms with Crippen molar-refractivity contribution in [2.45, 2.75) is 25.8 Å². The van der Waals surface area contributed by atoms with E-state index in [-0.39, 0.29) is 28.8 Å². The van der Waals surface area contributed by atoms with Crippen molar-refractivity contribution < 1.29 is 9.59 Å². The molecule has 2 atom stereocenters. The fourth-order valence-corrected chi connectivity index (χ4v) is 3.42. The molecule has 0 aromatic carbocycles. The van der Waals surface area contributed by atoms with Crippen molar-refractivity contribution in [2.75, 3.05) is 23.3 Å². The number of aromatic nitrogens is 2. The number of nitrogens with two attached hydrogens (primary N) is 2. The Kier molecular flexibility index (Phi) is 5.53. The molecular formula is C19H23N7O2. The Bertz CT molecular complexity index is 901. The molecule has 6 N–H and O–H groups in total. The number of piperidine rings is 1. The smallest absolute Gasteiger partial charge is 0.314 e. The van der Waals surface area contributed by atoms with Crippen molar-refractivity contribution in [3.05, 3.63) is 41.9 Å². The van der Waals surface area contributed by atoms with Gasteiger partial charge in [-0.25, -0.2) is 4.98 Å². The van der Waals surface area contributed by atoms with Gasteiger partial charge in [-0.1, -0.05) is 6.92 Å². The van der Waals surface area contributed by atoms with Crippen molar-refractivity contribution in [3.8, 4) is 0 Å². The van der Waals surface area contributed by atoms with Crippen LogP contribution in [0.3, 0.4) is 0 Å². The van der Waals surface area contributed by atoms with E-state index in [1.165, 1.54) is 6.20 Å². The highest BCUT2D eigenvalue weighted by atomic mass is 16.2. The molecule has 9 nitrogen and oxygen atoms in total. The second-order valence-corrected chi connectivity index (χ2v) is 6.92. The zero-order chi connectivity index (χ0) is 20.3. The lowest BCUT2D eigenvalue weighted by atomic mass is 9.90. The number of pyridine rings is 2.